The Balaban J connectivity index is 2.05. The van der Waals surface area contributed by atoms with Gasteiger partial charge in [0.25, 0.3) is 0 Å². The summed E-state index contributed by atoms with van der Waals surface area (Å²) < 4.78 is 12.8. The number of imidazole rings is 1. The molecule has 1 aromatic carbocycles. The van der Waals surface area contributed by atoms with Crippen LogP contribution in [0.15, 0.2) is 36.0 Å². The number of hydrogen-bond donors (Lipinski definition) is 1. The average molecular weight is 294 g/mol. The van der Waals surface area contributed by atoms with Crippen LogP contribution in [0.3, 0.4) is 0 Å². The fraction of sp³-hybridized carbons (Fsp3) is 0.143. The normalized spacial score (nSPS) is 11.9. The molecule has 1 N–H and O–H groups in total. The first kappa shape index (κ1) is 13.5. The van der Waals surface area contributed by atoms with E-state index < -0.39 is 0 Å². The molecule has 8 nitrogen and oxygen atoms in total. The molecule has 0 radical (unpaired) electrons. The summed E-state index contributed by atoms with van der Waals surface area (Å²) >= 11 is 0. The lowest BCUT2D eigenvalue weighted by Crippen LogP contribution is -2.16. The van der Waals surface area contributed by atoms with Gasteiger partial charge in [-0.2, -0.15) is 15.6 Å². The number of nitrogens with one attached hydrogen (secondary N) is 1. The summed E-state index contributed by atoms with van der Waals surface area (Å²) in [6.07, 6.45) is 5.02. The molecule has 0 bridgehead atoms. The van der Waals surface area contributed by atoms with Crippen molar-refractivity contribution in [1.29, 1.82) is 10.5 Å². The highest BCUT2D eigenvalue weighted by atomic mass is 16.6. The maximum absolute atomic E-state index is 8.75. The van der Waals surface area contributed by atoms with Crippen molar-refractivity contribution in [3.8, 4) is 29.3 Å². The smallest absolute Gasteiger partial charge is 0.237 e. The van der Waals surface area contributed by atoms with Crippen LogP contribution in [-0.2, 0) is 0 Å². The molecule has 0 aliphatic carbocycles. The van der Waals surface area contributed by atoms with Gasteiger partial charge in [0.2, 0.25) is 5.71 Å². The van der Waals surface area contributed by atoms with E-state index in [0.717, 1.165) is 0 Å². The topological polar surface area (TPSA) is 108 Å². The maximum Gasteiger partial charge on any atom is 0.237 e. The van der Waals surface area contributed by atoms with Crippen LogP contribution in [0, 0.1) is 22.7 Å². The fourth-order valence-corrected chi connectivity index (χ4v) is 1.97. The SMILES string of the molecule is N#CC(C#N)=NNc1cc2c(cc1-n1ccnc1)OCCO2. The van der Waals surface area contributed by atoms with E-state index >= 15 is 0 Å². The third kappa shape index (κ3) is 2.53. The van der Waals surface area contributed by atoms with Crippen molar-refractivity contribution in [2.45, 2.75) is 0 Å². The van der Waals surface area contributed by atoms with Crippen molar-refractivity contribution in [2.24, 2.45) is 5.10 Å². The van der Waals surface area contributed by atoms with E-state index in [4.69, 9.17) is 20.0 Å². The standard InChI is InChI=1S/C14H10N6O2/c15-7-10(8-16)18-19-11-5-13-14(22-4-3-21-13)6-12(11)20-2-1-17-9-20/h1-2,5-6,9,19H,3-4H2. The Morgan fingerprint density at radius 1 is 1.23 bits per heavy atom. The molecule has 8 heteroatoms. The minimum Gasteiger partial charge on any atom is -0.486 e. The summed E-state index contributed by atoms with van der Waals surface area (Å²) in [5.74, 6) is 1.19. The molecule has 0 saturated carbocycles. The fourth-order valence-electron chi connectivity index (χ4n) is 1.97. The van der Waals surface area contributed by atoms with Gasteiger partial charge in [-0.05, 0) is 0 Å². The molecule has 0 unspecified atom stereocenters. The second kappa shape index (κ2) is 5.85. The van der Waals surface area contributed by atoms with Crippen LogP contribution in [-0.4, -0.2) is 28.5 Å². The van der Waals surface area contributed by atoms with Crippen LogP contribution < -0.4 is 14.9 Å². The predicted octanol–water partition coefficient (Wildman–Crippen LogP) is 1.46. The molecule has 108 valence electrons. The van der Waals surface area contributed by atoms with Gasteiger partial charge in [-0.15, -0.1) is 0 Å². The minimum atomic E-state index is -0.272. The summed E-state index contributed by atoms with van der Waals surface area (Å²) in [6, 6.07) is 6.87. The van der Waals surface area contributed by atoms with E-state index in [0.29, 0.717) is 36.1 Å². The van der Waals surface area contributed by atoms with E-state index in [9.17, 15) is 0 Å². The predicted molar refractivity (Wildman–Crippen MR) is 76.8 cm³/mol. The van der Waals surface area contributed by atoms with E-state index in [1.165, 1.54) is 0 Å². The summed E-state index contributed by atoms with van der Waals surface area (Å²) in [5.41, 5.74) is 3.71. The molecule has 2 aromatic rings. The van der Waals surface area contributed by atoms with Crippen LogP contribution >= 0.6 is 0 Å². The van der Waals surface area contributed by atoms with E-state index in [2.05, 4.69) is 15.5 Å². The first-order valence-corrected chi connectivity index (χ1v) is 6.37. The largest absolute Gasteiger partial charge is 0.486 e. The number of ether oxygens (including phenoxy) is 2. The van der Waals surface area contributed by atoms with Gasteiger partial charge in [0, 0.05) is 24.5 Å². The molecular weight excluding hydrogens is 284 g/mol. The Labute approximate surface area is 125 Å². The minimum absolute atomic E-state index is 0.272. The number of nitrogens with zero attached hydrogens (tertiary/aromatic N) is 5. The number of benzene rings is 1. The van der Waals surface area contributed by atoms with Gasteiger partial charge in [-0.25, -0.2) is 4.98 Å². The first-order valence-electron chi connectivity index (χ1n) is 6.37. The monoisotopic (exact) mass is 294 g/mol. The third-order valence-electron chi connectivity index (χ3n) is 2.94. The van der Waals surface area contributed by atoms with Gasteiger partial charge in [0.1, 0.15) is 25.4 Å². The summed E-state index contributed by atoms with van der Waals surface area (Å²) in [5, 5.41) is 21.3. The zero-order valence-electron chi connectivity index (χ0n) is 11.4. The second-order valence-electron chi connectivity index (χ2n) is 4.28. The quantitative estimate of drug-likeness (QED) is 0.678. The lowest BCUT2D eigenvalue weighted by Gasteiger charge is -2.21. The highest BCUT2D eigenvalue weighted by Gasteiger charge is 2.17. The third-order valence-corrected chi connectivity index (χ3v) is 2.94. The number of hydrogen-bond acceptors (Lipinski definition) is 7. The number of anilines is 1. The van der Waals surface area contributed by atoms with Crippen molar-refractivity contribution in [3.63, 3.8) is 0 Å². The highest BCUT2D eigenvalue weighted by molar-refractivity contribution is 6.10. The first-order chi connectivity index (χ1) is 10.8. The van der Waals surface area contributed by atoms with Crippen molar-refractivity contribution in [3.05, 3.63) is 30.9 Å². The number of aromatic nitrogens is 2. The van der Waals surface area contributed by atoms with E-state index in [1.54, 1.807) is 47.6 Å². The van der Waals surface area contributed by atoms with Crippen LogP contribution in [0.2, 0.25) is 0 Å². The lowest BCUT2D eigenvalue weighted by atomic mass is 10.2. The van der Waals surface area contributed by atoms with Gasteiger partial charge in [-0.3, -0.25) is 5.43 Å². The summed E-state index contributed by atoms with van der Waals surface area (Å²) in [7, 11) is 0. The molecule has 0 spiro atoms. The zero-order valence-corrected chi connectivity index (χ0v) is 11.4. The van der Waals surface area contributed by atoms with Crippen LogP contribution in [0.5, 0.6) is 11.5 Å². The molecule has 2 heterocycles. The summed E-state index contributed by atoms with van der Waals surface area (Å²) in [4.78, 5) is 4.00. The molecular formula is C14H10N6O2. The van der Waals surface area contributed by atoms with Gasteiger partial charge < -0.3 is 14.0 Å². The van der Waals surface area contributed by atoms with Gasteiger partial charge in [0.05, 0.1) is 17.7 Å². The van der Waals surface area contributed by atoms with Gasteiger partial charge in [-0.1, -0.05) is 0 Å². The van der Waals surface area contributed by atoms with Gasteiger partial charge in [0.15, 0.2) is 11.5 Å². The molecule has 0 saturated heterocycles. The summed E-state index contributed by atoms with van der Waals surface area (Å²) in [6.45, 7) is 0.941. The van der Waals surface area contributed by atoms with Crippen molar-refractivity contribution in [2.75, 3.05) is 18.6 Å². The molecule has 1 aromatic heterocycles. The molecule has 3 rings (SSSR count). The lowest BCUT2D eigenvalue weighted by molar-refractivity contribution is 0.171. The van der Waals surface area contributed by atoms with Crippen LogP contribution in [0.1, 0.15) is 0 Å². The molecule has 0 fully saturated rings. The number of fused-ring (bicyclic) bond motifs is 1. The highest BCUT2D eigenvalue weighted by Crippen LogP contribution is 2.37. The van der Waals surface area contributed by atoms with Crippen molar-refractivity contribution in [1.82, 2.24) is 9.55 Å². The number of nitriles is 2. The number of hydrazone groups is 1. The Morgan fingerprint density at radius 3 is 2.59 bits per heavy atom. The van der Waals surface area contributed by atoms with E-state index in [1.807, 2.05) is 0 Å². The Kier molecular flexibility index (Phi) is 3.58. The number of rotatable bonds is 3. The average Bonchev–Trinajstić information content (AvgIpc) is 3.09. The zero-order chi connectivity index (χ0) is 15.4. The van der Waals surface area contributed by atoms with Gasteiger partial charge >= 0.3 is 0 Å². The maximum atomic E-state index is 8.75. The Morgan fingerprint density at radius 2 is 1.95 bits per heavy atom. The van der Waals surface area contributed by atoms with Crippen LogP contribution in [0.4, 0.5) is 5.69 Å². The van der Waals surface area contributed by atoms with Crippen molar-refractivity contribution < 1.29 is 9.47 Å². The molecule has 0 atom stereocenters. The molecule has 1 aliphatic heterocycles. The second-order valence-corrected chi connectivity index (χ2v) is 4.28. The molecule has 1 aliphatic rings. The van der Waals surface area contributed by atoms with Crippen LogP contribution in [0.25, 0.3) is 5.69 Å². The Hall–Kier alpha value is -3.52. The van der Waals surface area contributed by atoms with Crippen molar-refractivity contribution >= 4 is 11.4 Å². The van der Waals surface area contributed by atoms with E-state index in [-0.39, 0.29) is 5.71 Å². The molecule has 22 heavy (non-hydrogen) atoms. The molecule has 0 amide bonds. The Bertz CT molecular complexity index is 782.